The van der Waals surface area contributed by atoms with Crippen molar-refractivity contribution in [1.29, 1.82) is 0 Å². The number of nitrogens with zero attached hydrogens (tertiary/aromatic N) is 2. The second-order valence-electron chi connectivity index (χ2n) is 6.65. The molecule has 1 aliphatic rings. The highest BCUT2D eigenvalue weighted by atomic mass is 35.5. The van der Waals surface area contributed by atoms with Gasteiger partial charge in [0.2, 0.25) is 0 Å². The molecule has 0 saturated carbocycles. The van der Waals surface area contributed by atoms with E-state index in [0.717, 1.165) is 50.5 Å². The van der Waals surface area contributed by atoms with Crippen LogP contribution in [0.25, 0.3) is 0 Å². The molecule has 0 bridgehead atoms. The van der Waals surface area contributed by atoms with Crippen molar-refractivity contribution in [2.24, 2.45) is 0 Å². The molecule has 27 heavy (non-hydrogen) atoms. The maximum atomic E-state index is 12.8. The minimum absolute atomic E-state index is 0.0851. The Hall–Kier alpha value is -2.08. The van der Waals surface area contributed by atoms with Gasteiger partial charge in [0.15, 0.2) is 0 Å². The van der Waals surface area contributed by atoms with Crippen molar-refractivity contribution in [3.63, 3.8) is 0 Å². The number of morpholine rings is 1. The molecule has 6 heteroatoms. The largest absolute Gasteiger partial charge is 0.379 e. The predicted octanol–water partition coefficient (Wildman–Crippen LogP) is 4.10. The number of halogens is 1. The van der Waals surface area contributed by atoms with E-state index >= 15 is 0 Å². The molecular formula is C21H26ClN3O2. The van der Waals surface area contributed by atoms with E-state index in [-0.39, 0.29) is 6.03 Å². The summed E-state index contributed by atoms with van der Waals surface area (Å²) in [5, 5.41) is 3.69. The number of ether oxygens (including phenoxy) is 1. The normalized spacial score (nSPS) is 14.7. The molecule has 144 valence electrons. The van der Waals surface area contributed by atoms with E-state index in [0.29, 0.717) is 18.1 Å². The summed E-state index contributed by atoms with van der Waals surface area (Å²) in [5.41, 5.74) is 1.87. The lowest BCUT2D eigenvalue weighted by molar-refractivity contribution is 0.0365. The zero-order valence-corrected chi connectivity index (χ0v) is 16.2. The van der Waals surface area contributed by atoms with Gasteiger partial charge in [0.05, 0.1) is 13.2 Å². The highest BCUT2D eigenvalue weighted by molar-refractivity contribution is 6.30. The highest BCUT2D eigenvalue weighted by Gasteiger charge is 2.16. The Morgan fingerprint density at radius 1 is 1.07 bits per heavy atom. The maximum absolute atomic E-state index is 12.8. The van der Waals surface area contributed by atoms with Crippen LogP contribution >= 0.6 is 11.6 Å². The van der Waals surface area contributed by atoms with Crippen molar-refractivity contribution < 1.29 is 9.53 Å². The minimum Gasteiger partial charge on any atom is -0.379 e. The van der Waals surface area contributed by atoms with Gasteiger partial charge in [-0.15, -0.1) is 0 Å². The van der Waals surface area contributed by atoms with Gasteiger partial charge in [-0.1, -0.05) is 41.9 Å². The lowest BCUT2D eigenvalue weighted by atomic mass is 10.2. The zero-order chi connectivity index (χ0) is 18.9. The van der Waals surface area contributed by atoms with E-state index in [9.17, 15) is 4.79 Å². The number of hydrogen-bond acceptors (Lipinski definition) is 3. The van der Waals surface area contributed by atoms with Gasteiger partial charge in [0, 0.05) is 43.4 Å². The van der Waals surface area contributed by atoms with Gasteiger partial charge in [-0.2, -0.15) is 0 Å². The molecule has 2 aromatic rings. The van der Waals surface area contributed by atoms with E-state index in [1.807, 2.05) is 59.5 Å². The fourth-order valence-electron chi connectivity index (χ4n) is 3.10. The summed E-state index contributed by atoms with van der Waals surface area (Å²) in [5.74, 6) is 0. The molecule has 2 aromatic carbocycles. The molecule has 1 N–H and O–H groups in total. The SMILES string of the molecule is O=C(Nc1ccccc1)N(CCCN1CCOCC1)Cc1ccc(Cl)cc1. The molecule has 0 aromatic heterocycles. The van der Waals surface area contributed by atoms with Crippen LogP contribution in [0.4, 0.5) is 10.5 Å². The number of nitrogens with one attached hydrogen (secondary N) is 1. The van der Waals surface area contributed by atoms with Gasteiger partial charge in [-0.25, -0.2) is 4.79 Å². The number of para-hydroxylation sites is 1. The van der Waals surface area contributed by atoms with Crippen LogP contribution < -0.4 is 5.32 Å². The number of anilines is 1. The van der Waals surface area contributed by atoms with Crippen molar-refractivity contribution in [2.45, 2.75) is 13.0 Å². The van der Waals surface area contributed by atoms with E-state index < -0.39 is 0 Å². The molecule has 3 rings (SSSR count). The topological polar surface area (TPSA) is 44.8 Å². The molecule has 0 aliphatic carbocycles. The summed E-state index contributed by atoms with van der Waals surface area (Å²) >= 11 is 5.98. The van der Waals surface area contributed by atoms with Crippen LogP contribution in [-0.4, -0.2) is 55.2 Å². The first-order chi connectivity index (χ1) is 13.2. The first-order valence-electron chi connectivity index (χ1n) is 9.36. The van der Waals surface area contributed by atoms with Crippen LogP contribution in [0.15, 0.2) is 54.6 Å². The Balaban J connectivity index is 1.59. The van der Waals surface area contributed by atoms with Gasteiger partial charge in [-0.3, -0.25) is 4.90 Å². The number of rotatable bonds is 7. The van der Waals surface area contributed by atoms with Crippen LogP contribution in [-0.2, 0) is 11.3 Å². The summed E-state index contributed by atoms with van der Waals surface area (Å²) in [6.07, 6.45) is 0.926. The van der Waals surface area contributed by atoms with Crippen molar-refractivity contribution in [2.75, 3.05) is 44.7 Å². The number of carbonyl (C=O) groups is 1. The number of urea groups is 1. The Kier molecular flexibility index (Phi) is 7.51. The molecule has 5 nitrogen and oxygen atoms in total. The molecule has 1 saturated heterocycles. The molecular weight excluding hydrogens is 362 g/mol. The summed E-state index contributed by atoms with van der Waals surface area (Å²) in [7, 11) is 0. The number of benzene rings is 2. The second-order valence-corrected chi connectivity index (χ2v) is 7.09. The van der Waals surface area contributed by atoms with E-state index in [1.165, 1.54) is 0 Å². The molecule has 0 spiro atoms. The standard InChI is InChI=1S/C21H26ClN3O2/c22-19-9-7-18(8-10-19)17-25(12-4-11-24-13-15-27-16-14-24)21(26)23-20-5-2-1-3-6-20/h1-3,5-10H,4,11-17H2,(H,23,26). The summed E-state index contributed by atoms with van der Waals surface area (Å²) in [6.45, 7) is 5.74. The van der Waals surface area contributed by atoms with Gasteiger partial charge >= 0.3 is 6.03 Å². The van der Waals surface area contributed by atoms with Crippen LogP contribution in [0.1, 0.15) is 12.0 Å². The number of amides is 2. The summed E-state index contributed by atoms with van der Waals surface area (Å²) < 4.78 is 5.39. The smallest absolute Gasteiger partial charge is 0.322 e. The van der Waals surface area contributed by atoms with Crippen molar-refractivity contribution in [1.82, 2.24) is 9.80 Å². The zero-order valence-electron chi connectivity index (χ0n) is 15.4. The minimum atomic E-state index is -0.0851. The average molecular weight is 388 g/mol. The Morgan fingerprint density at radius 3 is 2.48 bits per heavy atom. The molecule has 0 radical (unpaired) electrons. The van der Waals surface area contributed by atoms with E-state index in [1.54, 1.807) is 0 Å². The van der Waals surface area contributed by atoms with Gasteiger partial charge in [-0.05, 0) is 36.2 Å². The summed E-state index contributed by atoms with van der Waals surface area (Å²) in [4.78, 5) is 17.1. The third kappa shape index (κ3) is 6.54. The molecule has 1 heterocycles. The maximum Gasteiger partial charge on any atom is 0.322 e. The van der Waals surface area contributed by atoms with Crippen molar-refractivity contribution >= 4 is 23.3 Å². The Bertz CT molecular complexity index is 703. The van der Waals surface area contributed by atoms with Crippen LogP contribution in [0.3, 0.4) is 0 Å². The Morgan fingerprint density at radius 2 is 1.78 bits per heavy atom. The number of carbonyl (C=O) groups excluding carboxylic acids is 1. The lowest BCUT2D eigenvalue weighted by Crippen LogP contribution is -2.40. The fourth-order valence-corrected chi connectivity index (χ4v) is 3.22. The molecule has 2 amide bonds. The van der Waals surface area contributed by atoms with Gasteiger partial charge in [0.25, 0.3) is 0 Å². The van der Waals surface area contributed by atoms with Gasteiger partial charge < -0.3 is 15.0 Å². The highest BCUT2D eigenvalue weighted by Crippen LogP contribution is 2.14. The third-order valence-electron chi connectivity index (χ3n) is 4.61. The quantitative estimate of drug-likeness (QED) is 0.778. The first kappa shape index (κ1) is 19.7. The van der Waals surface area contributed by atoms with Crippen LogP contribution in [0, 0.1) is 0 Å². The second kappa shape index (κ2) is 10.3. The van der Waals surface area contributed by atoms with Crippen LogP contribution in [0.5, 0.6) is 0 Å². The van der Waals surface area contributed by atoms with Gasteiger partial charge in [0.1, 0.15) is 0 Å². The lowest BCUT2D eigenvalue weighted by Gasteiger charge is -2.28. The molecule has 1 aliphatic heterocycles. The third-order valence-corrected chi connectivity index (χ3v) is 4.86. The van der Waals surface area contributed by atoms with Crippen molar-refractivity contribution in [3.8, 4) is 0 Å². The monoisotopic (exact) mass is 387 g/mol. The first-order valence-corrected chi connectivity index (χ1v) is 9.74. The molecule has 0 unspecified atom stereocenters. The predicted molar refractivity (Wildman–Crippen MR) is 109 cm³/mol. The van der Waals surface area contributed by atoms with E-state index in [4.69, 9.17) is 16.3 Å². The average Bonchev–Trinajstić information content (AvgIpc) is 2.70. The number of hydrogen-bond donors (Lipinski definition) is 1. The van der Waals surface area contributed by atoms with Crippen molar-refractivity contribution in [3.05, 3.63) is 65.2 Å². The van der Waals surface area contributed by atoms with Crippen LogP contribution in [0.2, 0.25) is 5.02 Å². The molecule has 0 atom stereocenters. The van der Waals surface area contributed by atoms with E-state index in [2.05, 4.69) is 10.2 Å². The molecule has 1 fully saturated rings. The summed E-state index contributed by atoms with van der Waals surface area (Å²) in [6, 6.07) is 17.1. The fraction of sp³-hybridized carbons (Fsp3) is 0.381. The Labute approximate surface area is 165 Å².